The number of alkyl carbamates (subject to hydrolysis) is 1. The van der Waals surface area contributed by atoms with Crippen molar-refractivity contribution in [1.29, 1.82) is 0 Å². The Hall–Kier alpha value is -1.07. The molecule has 1 fully saturated rings. The highest BCUT2D eigenvalue weighted by Gasteiger charge is 2.25. The van der Waals surface area contributed by atoms with E-state index in [1.165, 1.54) is 4.88 Å². The summed E-state index contributed by atoms with van der Waals surface area (Å²) in [5.41, 5.74) is -0.427. The van der Waals surface area contributed by atoms with Crippen molar-refractivity contribution < 1.29 is 9.53 Å². The van der Waals surface area contributed by atoms with Gasteiger partial charge in [-0.1, -0.05) is 6.07 Å². The van der Waals surface area contributed by atoms with E-state index in [-0.39, 0.29) is 6.09 Å². The van der Waals surface area contributed by atoms with Crippen LogP contribution in [0.5, 0.6) is 0 Å². The number of hydrogen-bond donors (Lipinski definition) is 1. The maximum absolute atomic E-state index is 11.7. The summed E-state index contributed by atoms with van der Waals surface area (Å²) in [7, 11) is 0. The minimum Gasteiger partial charge on any atom is -0.444 e. The standard InChI is InChI=1S/C17H28N2O2S/c1-13(15-6-5-11-22-15)19-9-7-14(8-10-19)12-18-16(20)21-17(2,3)4/h5-6,11,13-14H,7-10,12H2,1-4H3,(H,18,20)/t13-/m1/s1. The minimum absolute atomic E-state index is 0.304. The van der Waals surface area contributed by atoms with E-state index in [9.17, 15) is 4.79 Å². The maximum Gasteiger partial charge on any atom is 0.407 e. The highest BCUT2D eigenvalue weighted by molar-refractivity contribution is 7.10. The SMILES string of the molecule is C[C@H](c1cccs1)N1CCC(CNC(=O)OC(C)(C)C)CC1. The molecule has 4 nitrogen and oxygen atoms in total. The Morgan fingerprint density at radius 2 is 2.14 bits per heavy atom. The van der Waals surface area contributed by atoms with Gasteiger partial charge in [0.25, 0.3) is 0 Å². The third-order valence-corrected chi connectivity index (χ3v) is 5.13. The maximum atomic E-state index is 11.7. The topological polar surface area (TPSA) is 41.6 Å². The number of nitrogens with zero attached hydrogens (tertiary/aromatic N) is 1. The number of likely N-dealkylation sites (tertiary alicyclic amines) is 1. The van der Waals surface area contributed by atoms with Gasteiger partial charge < -0.3 is 10.1 Å². The monoisotopic (exact) mass is 324 g/mol. The van der Waals surface area contributed by atoms with Crippen molar-refractivity contribution in [1.82, 2.24) is 10.2 Å². The van der Waals surface area contributed by atoms with Gasteiger partial charge in [-0.25, -0.2) is 4.79 Å². The van der Waals surface area contributed by atoms with Gasteiger partial charge in [0.2, 0.25) is 0 Å². The minimum atomic E-state index is -0.427. The van der Waals surface area contributed by atoms with E-state index >= 15 is 0 Å². The van der Waals surface area contributed by atoms with Crippen LogP contribution in [0.3, 0.4) is 0 Å². The second-order valence-corrected chi connectivity index (χ2v) is 8.03. The van der Waals surface area contributed by atoms with Crippen LogP contribution in [0.1, 0.15) is 51.5 Å². The molecule has 2 rings (SSSR count). The number of ether oxygens (including phenoxy) is 1. The van der Waals surface area contributed by atoms with Gasteiger partial charge in [0.05, 0.1) is 0 Å². The van der Waals surface area contributed by atoms with Crippen LogP contribution in [0.4, 0.5) is 4.79 Å². The lowest BCUT2D eigenvalue weighted by atomic mass is 9.95. The lowest BCUT2D eigenvalue weighted by molar-refractivity contribution is 0.0506. The molecule has 0 bridgehead atoms. The van der Waals surface area contributed by atoms with E-state index in [2.05, 4.69) is 34.7 Å². The fourth-order valence-electron chi connectivity index (χ4n) is 2.80. The van der Waals surface area contributed by atoms with Crippen molar-refractivity contribution in [2.24, 2.45) is 5.92 Å². The summed E-state index contributed by atoms with van der Waals surface area (Å²) in [6.45, 7) is 10.9. The first kappa shape index (κ1) is 17.3. The fraction of sp³-hybridized carbons (Fsp3) is 0.706. The first-order valence-electron chi connectivity index (χ1n) is 8.09. The van der Waals surface area contributed by atoms with Gasteiger partial charge in [0, 0.05) is 17.5 Å². The molecule has 1 atom stereocenters. The highest BCUT2D eigenvalue weighted by atomic mass is 32.1. The number of piperidine rings is 1. The number of hydrogen-bond acceptors (Lipinski definition) is 4. The second-order valence-electron chi connectivity index (χ2n) is 7.05. The Labute approximate surface area is 137 Å². The molecule has 5 heteroatoms. The number of carbonyl (C=O) groups is 1. The van der Waals surface area contributed by atoms with E-state index in [1.54, 1.807) is 0 Å². The molecule has 2 heterocycles. The van der Waals surface area contributed by atoms with Crippen LogP contribution in [-0.4, -0.2) is 36.2 Å². The summed E-state index contributed by atoms with van der Waals surface area (Å²) in [4.78, 5) is 15.7. The second kappa shape index (κ2) is 7.47. The third-order valence-electron chi connectivity index (χ3n) is 4.09. The summed E-state index contributed by atoms with van der Waals surface area (Å²) in [5.74, 6) is 0.555. The summed E-state index contributed by atoms with van der Waals surface area (Å²) in [5, 5.41) is 5.05. The molecule has 0 spiro atoms. The van der Waals surface area contributed by atoms with Crippen molar-refractivity contribution in [2.45, 2.75) is 52.2 Å². The van der Waals surface area contributed by atoms with Crippen LogP contribution in [0.15, 0.2) is 17.5 Å². The molecule has 0 saturated carbocycles. The van der Waals surface area contributed by atoms with Crippen LogP contribution < -0.4 is 5.32 Å². The van der Waals surface area contributed by atoms with Crippen molar-refractivity contribution in [3.05, 3.63) is 22.4 Å². The van der Waals surface area contributed by atoms with E-state index in [4.69, 9.17) is 4.74 Å². The molecule has 0 aliphatic carbocycles. The van der Waals surface area contributed by atoms with E-state index in [1.807, 2.05) is 32.1 Å². The largest absolute Gasteiger partial charge is 0.444 e. The molecule has 1 aliphatic heterocycles. The molecule has 0 radical (unpaired) electrons. The molecule has 1 saturated heterocycles. The normalized spacial score (nSPS) is 18.9. The Bertz CT molecular complexity index is 460. The molecular formula is C17H28N2O2S. The zero-order valence-electron chi connectivity index (χ0n) is 14.1. The molecule has 22 heavy (non-hydrogen) atoms. The first-order chi connectivity index (χ1) is 10.3. The van der Waals surface area contributed by atoms with Gasteiger partial charge in [0.15, 0.2) is 0 Å². The third kappa shape index (κ3) is 5.29. The molecule has 124 valence electrons. The van der Waals surface area contributed by atoms with Crippen LogP contribution in [-0.2, 0) is 4.74 Å². The lowest BCUT2D eigenvalue weighted by Gasteiger charge is -2.35. The summed E-state index contributed by atoms with van der Waals surface area (Å²) >= 11 is 1.83. The fourth-order valence-corrected chi connectivity index (χ4v) is 3.61. The number of carbonyl (C=O) groups excluding carboxylic acids is 1. The van der Waals surface area contributed by atoms with Gasteiger partial charge >= 0.3 is 6.09 Å². The van der Waals surface area contributed by atoms with Crippen LogP contribution in [0.2, 0.25) is 0 Å². The average Bonchev–Trinajstić information content (AvgIpc) is 2.97. The van der Waals surface area contributed by atoms with E-state index in [0.29, 0.717) is 12.0 Å². The molecule has 1 N–H and O–H groups in total. The van der Waals surface area contributed by atoms with Crippen molar-refractivity contribution in [3.8, 4) is 0 Å². The van der Waals surface area contributed by atoms with Gasteiger partial charge in [-0.05, 0) is 71.0 Å². The van der Waals surface area contributed by atoms with Crippen LogP contribution in [0, 0.1) is 5.92 Å². The van der Waals surface area contributed by atoms with Gasteiger partial charge in [-0.2, -0.15) is 0 Å². The predicted octanol–water partition coefficient (Wildman–Crippen LogP) is 4.05. The Kier molecular flexibility index (Phi) is 5.87. The number of thiophene rings is 1. The molecule has 0 unspecified atom stereocenters. The molecule has 1 aromatic heterocycles. The molecule has 0 aromatic carbocycles. The van der Waals surface area contributed by atoms with Crippen molar-refractivity contribution in [3.63, 3.8) is 0 Å². The Morgan fingerprint density at radius 3 is 2.68 bits per heavy atom. The number of amides is 1. The molecule has 1 amide bonds. The summed E-state index contributed by atoms with van der Waals surface area (Å²) < 4.78 is 5.28. The Balaban J connectivity index is 1.70. The zero-order valence-corrected chi connectivity index (χ0v) is 14.9. The molecule has 1 aliphatic rings. The van der Waals surface area contributed by atoms with Crippen LogP contribution >= 0.6 is 11.3 Å². The first-order valence-corrected chi connectivity index (χ1v) is 8.97. The quantitative estimate of drug-likeness (QED) is 0.908. The highest BCUT2D eigenvalue weighted by Crippen LogP contribution is 2.28. The predicted molar refractivity (Wildman–Crippen MR) is 91.3 cm³/mol. The van der Waals surface area contributed by atoms with E-state index in [0.717, 1.165) is 32.5 Å². The molecular weight excluding hydrogens is 296 g/mol. The summed E-state index contributed by atoms with van der Waals surface area (Å²) in [6.07, 6.45) is 1.96. The Morgan fingerprint density at radius 1 is 1.45 bits per heavy atom. The number of nitrogens with one attached hydrogen (secondary N) is 1. The van der Waals surface area contributed by atoms with Crippen molar-refractivity contribution in [2.75, 3.05) is 19.6 Å². The summed E-state index contributed by atoms with van der Waals surface area (Å²) in [6, 6.07) is 4.83. The average molecular weight is 324 g/mol. The van der Waals surface area contributed by atoms with Gasteiger partial charge in [-0.15, -0.1) is 11.3 Å². The van der Waals surface area contributed by atoms with E-state index < -0.39 is 5.60 Å². The number of rotatable bonds is 4. The smallest absolute Gasteiger partial charge is 0.407 e. The zero-order chi connectivity index (χ0) is 16.2. The van der Waals surface area contributed by atoms with Gasteiger partial charge in [-0.3, -0.25) is 4.90 Å². The lowest BCUT2D eigenvalue weighted by Crippen LogP contribution is -2.40. The van der Waals surface area contributed by atoms with Crippen LogP contribution in [0.25, 0.3) is 0 Å². The molecule has 1 aromatic rings. The van der Waals surface area contributed by atoms with Crippen molar-refractivity contribution >= 4 is 17.4 Å². The van der Waals surface area contributed by atoms with Gasteiger partial charge in [0.1, 0.15) is 5.60 Å².